The van der Waals surface area contributed by atoms with Gasteiger partial charge in [0.2, 0.25) is 5.04 Å². The van der Waals surface area contributed by atoms with E-state index in [0.29, 0.717) is 0 Å². The van der Waals surface area contributed by atoms with Crippen LogP contribution >= 0.6 is 23.9 Å². The molecule has 120 valence electrons. The summed E-state index contributed by atoms with van der Waals surface area (Å²) in [6.07, 6.45) is 0.169. The van der Waals surface area contributed by atoms with Crippen molar-refractivity contribution in [1.29, 1.82) is 0 Å². The maximum Gasteiger partial charge on any atom is 0.447 e. The minimum Gasteiger partial charge on any atom is -0.452 e. The molecule has 3 amide bonds. The fourth-order valence-electron chi connectivity index (χ4n) is 0.872. The lowest BCUT2D eigenvalue weighted by molar-refractivity contribution is -0.121. The molecule has 0 aliphatic carbocycles. The van der Waals surface area contributed by atoms with Crippen molar-refractivity contribution in [2.24, 2.45) is 5.16 Å². The highest BCUT2D eigenvalue weighted by molar-refractivity contribution is 8.15. The van der Waals surface area contributed by atoms with Crippen LogP contribution in [0.25, 0.3) is 0 Å². The summed E-state index contributed by atoms with van der Waals surface area (Å²) in [6, 6.07) is 0. The van der Waals surface area contributed by atoms with Gasteiger partial charge >= 0.3 is 12.2 Å². The van der Waals surface area contributed by atoms with Crippen LogP contribution in [-0.4, -0.2) is 78.2 Å². The summed E-state index contributed by atoms with van der Waals surface area (Å²) in [7, 11) is 7.15. The van der Waals surface area contributed by atoms with Crippen LogP contribution in [0.3, 0.4) is 0 Å². The molecule has 0 rings (SSSR count). The normalized spacial score (nSPS) is 10.7. The van der Waals surface area contributed by atoms with E-state index < -0.39 is 12.2 Å². The molecule has 0 heterocycles. The number of rotatable bonds is 3. The number of oxime groups is 1. The Morgan fingerprint density at radius 1 is 1.00 bits per heavy atom. The Labute approximate surface area is 131 Å². The van der Waals surface area contributed by atoms with Crippen molar-refractivity contribution >= 4 is 47.0 Å². The quantitative estimate of drug-likeness (QED) is 0.250. The third-order valence-corrected chi connectivity index (χ3v) is 3.35. The number of thioether (sulfide) groups is 1. The first-order valence-electron chi connectivity index (χ1n) is 5.52. The number of nitrogens with zero attached hydrogens (tertiary/aromatic N) is 4. The molecule has 21 heavy (non-hydrogen) atoms. The molecule has 0 aromatic heterocycles. The van der Waals surface area contributed by atoms with Crippen molar-refractivity contribution in [3.8, 4) is 0 Å². The van der Waals surface area contributed by atoms with E-state index >= 15 is 0 Å². The summed E-state index contributed by atoms with van der Waals surface area (Å²) in [5, 5.41) is 3.54. The van der Waals surface area contributed by atoms with Gasteiger partial charge in [0, 0.05) is 28.2 Å². The van der Waals surface area contributed by atoms with Gasteiger partial charge in [0.05, 0.1) is 19.2 Å². The minimum atomic E-state index is -0.839. The van der Waals surface area contributed by atoms with Crippen LogP contribution in [-0.2, 0) is 14.4 Å². The van der Waals surface area contributed by atoms with Gasteiger partial charge in [-0.3, -0.25) is 9.63 Å². The number of amides is 3. The second-order valence-corrected chi connectivity index (χ2v) is 5.76. The van der Waals surface area contributed by atoms with E-state index in [1.54, 1.807) is 20.4 Å². The third kappa shape index (κ3) is 6.58. The summed E-state index contributed by atoms with van der Waals surface area (Å²) in [4.78, 5) is 40.5. The first kappa shape index (κ1) is 19.4. The predicted octanol–water partition coefficient (Wildman–Crippen LogP) is 1.08. The summed E-state index contributed by atoms with van der Waals surface area (Å²) in [5.41, 5.74) is 0. The van der Waals surface area contributed by atoms with Crippen LogP contribution in [0, 0.1) is 0 Å². The van der Waals surface area contributed by atoms with Gasteiger partial charge in [-0.2, -0.15) is 0 Å². The second kappa shape index (κ2) is 9.34. The average Bonchev–Trinajstić information content (AvgIpc) is 2.45. The first-order valence-corrected chi connectivity index (χ1v) is 7.48. The van der Waals surface area contributed by atoms with E-state index in [4.69, 9.17) is 0 Å². The Kier molecular flexibility index (Phi) is 8.62. The fraction of sp³-hybridized carbons (Fsp3) is 0.600. The SMILES string of the molecule is COC(=O)N(C)SN(C)C(=O)O/N=C(\SC)C(=O)N(C)C. The molecule has 11 heteroatoms. The highest BCUT2D eigenvalue weighted by Gasteiger charge is 2.20. The van der Waals surface area contributed by atoms with Gasteiger partial charge < -0.3 is 9.64 Å². The molecule has 0 saturated heterocycles. The summed E-state index contributed by atoms with van der Waals surface area (Å²) < 4.78 is 6.59. The maximum atomic E-state index is 11.7. The molecule has 0 aromatic carbocycles. The Morgan fingerprint density at radius 3 is 1.95 bits per heavy atom. The zero-order chi connectivity index (χ0) is 16.6. The van der Waals surface area contributed by atoms with Gasteiger partial charge in [-0.15, -0.1) is 11.8 Å². The monoisotopic (exact) mass is 338 g/mol. The topological polar surface area (TPSA) is 91.7 Å². The van der Waals surface area contributed by atoms with Gasteiger partial charge in [0.25, 0.3) is 5.91 Å². The van der Waals surface area contributed by atoms with Gasteiger partial charge in [-0.25, -0.2) is 18.2 Å². The molecule has 0 aromatic rings. The molecule has 0 fully saturated rings. The van der Waals surface area contributed by atoms with E-state index in [1.807, 2.05) is 0 Å². The smallest absolute Gasteiger partial charge is 0.447 e. The molecule has 0 aliphatic rings. The van der Waals surface area contributed by atoms with Gasteiger partial charge in [0.1, 0.15) is 0 Å². The Morgan fingerprint density at radius 2 is 1.52 bits per heavy atom. The van der Waals surface area contributed by atoms with Crippen LogP contribution in [0.1, 0.15) is 0 Å². The zero-order valence-electron chi connectivity index (χ0n) is 12.6. The largest absolute Gasteiger partial charge is 0.452 e. The molecule has 0 saturated carbocycles. The zero-order valence-corrected chi connectivity index (χ0v) is 14.3. The van der Waals surface area contributed by atoms with Gasteiger partial charge in [0.15, 0.2) is 0 Å². The average molecular weight is 338 g/mol. The minimum absolute atomic E-state index is 0.0353. The van der Waals surface area contributed by atoms with Crippen LogP contribution in [0.2, 0.25) is 0 Å². The number of hydrogen-bond donors (Lipinski definition) is 0. The van der Waals surface area contributed by atoms with Crippen molar-refractivity contribution < 1.29 is 24.0 Å². The Hall–Kier alpha value is -1.62. The molecule has 0 aliphatic heterocycles. The molecule has 0 atom stereocenters. The lowest BCUT2D eigenvalue weighted by Crippen LogP contribution is -2.30. The van der Waals surface area contributed by atoms with Gasteiger partial charge in [-0.1, -0.05) is 5.16 Å². The molecule has 0 unspecified atom stereocenters. The summed E-state index contributed by atoms with van der Waals surface area (Å²) >= 11 is 1.81. The van der Waals surface area contributed by atoms with Crippen molar-refractivity contribution in [3.05, 3.63) is 0 Å². The summed E-state index contributed by atoms with van der Waals surface area (Å²) in [6.45, 7) is 0. The molecule has 0 radical (unpaired) electrons. The highest BCUT2D eigenvalue weighted by atomic mass is 32.2. The molecule has 0 N–H and O–H groups in total. The lowest BCUT2D eigenvalue weighted by Gasteiger charge is -2.19. The number of hydrogen-bond acceptors (Lipinski definition) is 8. The van der Waals surface area contributed by atoms with E-state index in [2.05, 4.69) is 14.7 Å². The first-order chi connectivity index (χ1) is 9.74. The Bertz CT molecular complexity index is 430. The van der Waals surface area contributed by atoms with Crippen LogP contribution < -0.4 is 0 Å². The summed E-state index contributed by atoms with van der Waals surface area (Å²) in [5.74, 6) is -0.378. The van der Waals surface area contributed by atoms with Crippen LogP contribution in [0.4, 0.5) is 9.59 Å². The van der Waals surface area contributed by atoms with Crippen LogP contribution in [0.5, 0.6) is 0 Å². The van der Waals surface area contributed by atoms with Crippen LogP contribution in [0.15, 0.2) is 5.16 Å². The Balaban J connectivity index is 4.60. The van der Waals surface area contributed by atoms with Crippen molar-refractivity contribution in [1.82, 2.24) is 13.5 Å². The van der Waals surface area contributed by atoms with Crippen molar-refractivity contribution in [3.63, 3.8) is 0 Å². The predicted molar refractivity (Wildman–Crippen MR) is 81.6 cm³/mol. The fourth-order valence-corrected chi connectivity index (χ4v) is 1.95. The number of carbonyl (C=O) groups excluding carboxylic acids is 3. The maximum absolute atomic E-state index is 11.7. The van der Waals surface area contributed by atoms with E-state index in [-0.39, 0.29) is 11.0 Å². The molecule has 0 bridgehead atoms. The highest BCUT2D eigenvalue weighted by Crippen LogP contribution is 2.14. The number of methoxy groups -OCH3 is 1. The van der Waals surface area contributed by atoms with E-state index in [1.165, 1.54) is 26.1 Å². The molecular weight excluding hydrogens is 320 g/mol. The van der Waals surface area contributed by atoms with Gasteiger partial charge in [-0.05, 0) is 6.26 Å². The third-order valence-electron chi connectivity index (χ3n) is 1.92. The number of carbonyl (C=O) groups is 3. The number of ether oxygens (including phenoxy) is 1. The molecular formula is C10H18N4O5S2. The lowest BCUT2D eigenvalue weighted by atomic mass is 10.6. The van der Waals surface area contributed by atoms with Crippen molar-refractivity contribution in [2.75, 3.05) is 41.6 Å². The van der Waals surface area contributed by atoms with E-state index in [9.17, 15) is 14.4 Å². The van der Waals surface area contributed by atoms with Crippen molar-refractivity contribution in [2.45, 2.75) is 0 Å². The van der Waals surface area contributed by atoms with E-state index in [0.717, 1.165) is 32.5 Å². The molecule has 9 nitrogen and oxygen atoms in total. The molecule has 0 spiro atoms. The second-order valence-electron chi connectivity index (χ2n) is 3.70. The standard InChI is InChI=1S/C10H18N4O5S2/c1-12(2)8(15)7(20-6)11-19-10(17)14(4)21-13(3)9(16)18-5/h1-6H3/b11-7-.